The van der Waals surface area contributed by atoms with Gasteiger partial charge in [0.05, 0.1) is 33.1 Å². The van der Waals surface area contributed by atoms with Crippen molar-refractivity contribution in [3.8, 4) is 17.2 Å². The first-order chi connectivity index (χ1) is 16.6. The van der Waals surface area contributed by atoms with E-state index in [0.29, 0.717) is 24.3 Å². The summed E-state index contributed by atoms with van der Waals surface area (Å²) in [4.78, 5) is 27.5. The van der Waals surface area contributed by atoms with Gasteiger partial charge in [-0.15, -0.1) is 0 Å². The number of rotatable bonds is 8. The molecule has 0 spiro atoms. The van der Waals surface area contributed by atoms with Crippen molar-refractivity contribution < 1.29 is 23.8 Å². The maximum Gasteiger partial charge on any atom is 0.262 e. The third kappa shape index (κ3) is 6.32. The Balaban J connectivity index is 1.92. The van der Waals surface area contributed by atoms with Gasteiger partial charge < -0.3 is 19.1 Å². The van der Waals surface area contributed by atoms with Crippen LogP contribution >= 0.6 is 0 Å². The number of benzene rings is 2. The summed E-state index contributed by atoms with van der Waals surface area (Å²) < 4.78 is 16.2. The lowest BCUT2D eigenvalue weighted by Crippen LogP contribution is -2.40. The summed E-state index contributed by atoms with van der Waals surface area (Å²) in [5.74, 6) is 1.69. The number of nitrogens with zero attached hydrogens (tertiary/aromatic N) is 3. The average molecular weight is 482 g/mol. The Morgan fingerprint density at radius 2 is 1.63 bits per heavy atom. The van der Waals surface area contributed by atoms with Crippen molar-refractivity contribution in [2.24, 2.45) is 10.5 Å². The van der Waals surface area contributed by atoms with Crippen LogP contribution in [0.2, 0.25) is 0 Å². The first kappa shape index (κ1) is 26.1. The zero-order valence-electron chi connectivity index (χ0n) is 21.6. The molecule has 2 aromatic rings. The average Bonchev–Trinajstić information content (AvgIpc) is 3.28. The topological polar surface area (TPSA) is 80.7 Å². The lowest BCUT2D eigenvalue weighted by atomic mass is 9.92. The Kier molecular flexibility index (Phi) is 8.04. The highest BCUT2D eigenvalue weighted by Gasteiger charge is 2.35. The molecule has 188 valence electrons. The monoisotopic (exact) mass is 481 g/mol. The van der Waals surface area contributed by atoms with Crippen LogP contribution in [-0.2, 0) is 9.59 Å². The van der Waals surface area contributed by atoms with Crippen molar-refractivity contribution in [1.82, 2.24) is 9.91 Å². The number of carbonyl (C=O) groups excluding carboxylic acids is 2. The molecule has 1 aliphatic heterocycles. The zero-order chi connectivity index (χ0) is 25.8. The van der Waals surface area contributed by atoms with Crippen molar-refractivity contribution in [3.05, 3.63) is 53.6 Å². The highest BCUT2D eigenvalue weighted by Crippen LogP contribution is 2.36. The van der Waals surface area contributed by atoms with Crippen LogP contribution in [0, 0.1) is 5.41 Å². The van der Waals surface area contributed by atoms with Gasteiger partial charge in [-0.2, -0.15) is 5.10 Å². The van der Waals surface area contributed by atoms with Crippen LogP contribution in [0.25, 0.3) is 0 Å². The fraction of sp³-hybridized carbons (Fsp3) is 0.444. The summed E-state index contributed by atoms with van der Waals surface area (Å²) in [5.41, 5.74) is 2.28. The Morgan fingerprint density at radius 3 is 2.20 bits per heavy atom. The van der Waals surface area contributed by atoms with E-state index in [9.17, 15) is 9.59 Å². The first-order valence-electron chi connectivity index (χ1n) is 11.6. The Morgan fingerprint density at radius 1 is 1.00 bits per heavy atom. The van der Waals surface area contributed by atoms with Crippen molar-refractivity contribution in [2.75, 3.05) is 34.9 Å². The summed E-state index contributed by atoms with van der Waals surface area (Å²) in [5, 5.41) is 6.21. The van der Waals surface area contributed by atoms with E-state index < -0.39 is 0 Å². The quantitative estimate of drug-likeness (QED) is 0.562. The van der Waals surface area contributed by atoms with E-state index in [-0.39, 0.29) is 29.8 Å². The van der Waals surface area contributed by atoms with Crippen LogP contribution in [0.5, 0.6) is 17.2 Å². The fourth-order valence-corrected chi connectivity index (χ4v) is 3.98. The van der Waals surface area contributed by atoms with Gasteiger partial charge in [0.15, 0.2) is 0 Å². The number of hydrogen-bond donors (Lipinski definition) is 0. The molecular formula is C27H35N3O5. The molecule has 1 aliphatic rings. The lowest BCUT2D eigenvalue weighted by Gasteiger charge is -2.26. The van der Waals surface area contributed by atoms with Crippen molar-refractivity contribution in [1.29, 1.82) is 0 Å². The summed E-state index contributed by atoms with van der Waals surface area (Å²) in [6.45, 7) is 5.94. The summed E-state index contributed by atoms with van der Waals surface area (Å²) >= 11 is 0. The number of amides is 2. The van der Waals surface area contributed by atoms with E-state index in [0.717, 1.165) is 22.6 Å². The molecule has 0 fully saturated rings. The minimum atomic E-state index is -0.318. The predicted octanol–water partition coefficient (Wildman–Crippen LogP) is 4.28. The molecule has 1 heterocycles. The van der Waals surface area contributed by atoms with Gasteiger partial charge in [-0.05, 0) is 35.2 Å². The number of ether oxygens (including phenoxy) is 3. The van der Waals surface area contributed by atoms with Gasteiger partial charge >= 0.3 is 0 Å². The molecule has 8 heteroatoms. The van der Waals surface area contributed by atoms with E-state index in [1.807, 2.05) is 57.2 Å². The molecule has 0 saturated carbocycles. The van der Waals surface area contributed by atoms with Crippen molar-refractivity contribution in [2.45, 2.75) is 39.7 Å². The second kappa shape index (κ2) is 10.8. The molecule has 0 aromatic heterocycles. The predicted molar refractivity (Wildman–Crippen MR) is 135 cm³/mol. The van der Waals surface area contributed by atoms with E-state index in [1.165, 1.54) is 9.91 Å². The number of methoxy groups -OCH3 is 3. The largest absolute Gasteiger partial charge is 0.497 e. The summed E-state index contributed by atoms with van der Waals surface area (Å²) in [6, 6.07) is 12.8. The van der Waals surface area contributed by atoms with Crippen LogP contribution in [-0.4, -0.2) is 62.4 Å². The van der Waals surface area contributed by atoms with Crippen LogP contribution in [0.4, 0.5) is 0 Å². The van der Waals surface area contributed by atoms with E-state index >= 15 is 0 Å². The lowest BCUT2D eigenvalue weighted by molar-refractivity contribution is -0.141. The number of carbonyl (C=O) groups is 2. The zero-order valence-corrected chi connectivity index (χ0v) is 21.6. The van der Waals surface area contributed by atoms with Crippen molar-refractivity contribution in [3.63, 3.8) is 0 Å². The molecule has 0 aliphatic carbocycles. The van der Waals surface area contributed by atoms with Crippen LogP contribution in [0.1, 0.15) is 50.8 Å². The van der Waals surface area contributed by atoms with Gasteiger partial charge in [-0.1, -0.05) is 32.9 Å². The first-order valence-corrected chi connectivity index (χ1v) is 11.6. The normalized spacial score (nSPS) is 15.5. The number of hydrogen-bond acceptors (Lipinski definition) is 6. The minimum absolute atomic E-state index is 0.0574. The highest BCUT2D eigenvalue weighted by atomic mass is 16.5. The molecule has 8 nitrogen and oxygen atoms in total. The maximum absolute atomic E-state index is 13.4. The molecule has 0 N–H and O–H groups in total. The van der Waals surface area contributed by atoms with Gasteiger partial charge in [0.1, 0.15) is 23.8 Å². The van der Waals surface area contributed by atoms with Crippen LogP contribution < -0.4 is 14.2 Å². The van der Waals surface area contributed by atoms with Crippen LogP contribution in [0.15, 0.2) is 47.6 Å². The maximum atomic E-state index is 13.4. The third-order valence-electron chi connectivity index (χ3n) is 5.87. The smallest absolute Gasteiger partial charge is 0.262 e. The van der Waals surface area contributed by atoms with Crippen molar-refractivity contribution >= 4 is 17.5 Å². The van der Waals surface area contributed by atoms with Gasteiger partial charge in [0.25, 0.3) is 5.91 Å². The Labute approximate surface area is 207 Å². The van der Waals surface area contributed by atoms with Gasteiger partial charge in [0, 0.05) is 31.5 Å². The summed E-state index contributed by atoms with van der Waals surface area (Å²) in [6.07, 6.45) is 0.858. The standard InChI is InChI=1S/C27H35N3O5/c1-27(2,3)16-25(31)29(4)17-26(32)30-23(18-8-10-19(33-5)11-9-18)15-22(28-30)21-13-12-20(34-6)14-24(21)35-7/h8-14,23H,15-17H2,1-7H3/t23-/m1/s1. The Hall–Kier alpha value is -3.55. The second-order valence-electron chi connectivity index (χ2n) is 9.83. The molecule has 0 saturated heterocycles. The molecule has 0 bridgehead atoms. The van der Waals surface area contributed by atoms with Gasteiger partial charge in [-0.3, -0.25) is 9.59 Å². The van der Waals surface area contributed by atoms with E-state index in [1.54, 1.807) is 34.4 Å². The molecule has 0 unspecified atom stereocenters. The second-order valence-corrected chi connectivity index (χ2v) is 9.83. The molecule has 35 heavy (non-hydrogen) atoms. The molecule has 2 aromatic carbocycles. The van der Waals surface area contributed by atoms with Gasteiger partial charge in [0.2, 0.25) is 5.91 Å². The SMILES string of the molecule is COc1ccc([C@H]2CC(c3ccc(OC)cc3OC)=NN2C(=O)CN(C)C(=O)CC(C)(C)C)cc1. The summed E-state index contributed by atoms with van der Waals surface area (Å²) in [7, 11) is 6.45. The fourth-order valence-electron chi connectivity index (χ4n) is 3.98. The van der Waals surface area contributed by atoms with E-state index in [2.05, 4.69) is 0 Å². The Bertz CT molecular complexity index is 1090. The van der Waals surface area contributed by atoms with Crippen LogP contribution in [0.3, 0.4) is 0 Å². The van der Waals surface area contributed by atoms with E-state index in [4.69, 9.17) is 19.3 Å². The van der Waals surface area contributed by atoms with Gasteiger partial charge in [-0.25, -0.2) is 5.01 Å². The molecule has 0 radical (unpaired) electrons. The number of likely N-dealkylation sites (N-methyl/N-ethyl adjacent to an activating group) is 1. The molecule has 3 rings (SSSR count). The minimum Gasteiger partial charge on any atom is -0.497 e. The highest BCUT2D eigenvalue weighted by molar-refractivity contribution is 6.05. The molecule has 2 amide bonds. The molecular weight excluding hydrogens is 446 g/mol. The third-order valence-corrected chi connectivity index (χ3v) is 5.87. The molecule has 1 atom stereocenters. The number of hydrazone groups is 1.